The molecule has 1 atom stereocenters. The van der Waals surface area contributed by atoms with Gasteiger partial charge in [0.25, 0.3) is 0 Å². The van der Waals surface area contributed by atoms with Crippen molar-refractivity contribution in [1.82, 2.24) is 4.90 Å². The van der Waals surface area contributed by atoms with Gasteiger partial charge in [-0.25, -0.2) is 0 Å². The number of ether oxygens (including phenoxy) is 1. The lowest BCUT2D eigenvalue weighted by Crippen LogP contribution is -2.50. The van der Waals surface area contributed by atoms with Crippen molar-refractivity contribution in [2.24, 2.45) is 5.41 Å². The van der Waals surface area contributed by atoms with Gasteiger partial charge in [0.1, 0.15) is 0 Å². The van der Waals surface area contributed by atoms with Crippen LogP contribution in [0.5, 0.6) is 0 Å². The SMILES string of the molecule is CC(C)(COCc1ccccc1)C(=O)N1CCC(O)(C(F)(F)F)C1. The van der Waals surface area contributed by atoms with Crippen LogP contribution in [-0.4, -0.2) is 47.4 Å². The average molecular weight is 345 g/mol. The second-order valence-electron chi connectivity index (χ2n) is 6.87. The number of halogens is 3. The van der Waals surface area contributed by atoms with Crippen LogP contribution in [0.3, 0.4) is 0 Å². The summed E-state index contributed by atoms with van der Waals surface area (Å²) in [5, 5.41) is 9.69. The molecular weight excluding hydrogens is 323 g/mol. The zero-order valence-corrected chi connectivity index (χ0v) is 13.8. The number of nitrogens with zero attached hydrogens (tertiary/aromatic N) is 1. The fraction of sp³-hybridized carbons (Fsp3) is 0.588. The van der Waals surface area contributed by atoms with Gasteiger partial charge < -0.3 is 14.7 Å². The summed E-state index contributed by atoms with van der Waals surface area (Å²) in [6.07, 6.45) is -5.24. The maximum atomic E-state index is 12.9. The molecule has 2 rings (SSSR count). The van der Waals surface area contributed by atoms with Gasteiger partial charge in [-0.05, 0) is 19.4 Å². The van der Waals surface area contributed by atoms with E-state index in [0.717, 1.165) is 10.5 Å². The lowest BCUT2D eigenvalue weighted by molar-refractivity contribution is -0.253. The lowest BCUT2D eigenvalue weighted by atomic mass is 9.92. The van der Waals surface area contributed by atoms with Gasteiger partial charge in [0, 0.05) is 13.0 Å². The smallest absolute Gasteiger partial charge is 0.379 e. The predicted octanol–water partition coefficient (Wildman–Crippen LogP) is 2.76. The number of benzene rings is 1. The van der Waals surface area contributed by atoms with E-state index >= 15 is 0 Å². The largest absolute Gasteiger partial charge is 0.419 e. The third-order valence-corrected chi connectivity index (χ3v) is 4.22. The molecule has 24 heavy (non-hydrogen) atoms. The van der Waals surface area contributed by atoms with Crippen molar-refractivity contribution in [3.05, 3.63) is 35.9 Å². The molecule has 0 bridgehead atoms. The first-order valence-corrected chi connectivity index (χ1v) is 7.75. The zero-order chi connectivity index (χ0) is 18.0. The first-order chi connectivity index (χ1) is 11.1. The van der Waals surface area contributed by atoms with Gasteiger partial charge in [0.05, 0.1) is 25.2 Å². The van der Waals surface area contributed by atoms with Crippen LogP contribution in [-0.2, 0) is 16.1 Å². The van der Waals surface area contributed by atoms with E-state index in [1.165, 1.54) is 0 Å². The highest BCUT2D eigenvalue weighted by Crippen LogP contribution is 2.38. The Morgan fingerprint density at radius 2 is 1.92 bits per heavy atom. The molecule has 1 amide bonds. The minimum absolute atomic E-state index is 0.0850. The maximum absolute atomic E-state index is 12.9. The van der Waals surface area contributed by atoms with Gasteiger partial charge >= 0.3 is 6.18 Å². The third kappa shape index (κ3) is 4.08. The molecule has 0 aromatic heterocycles. The van der Waals surface area contributed by atoms with E-state index in [0.29, 0.717) is 6.61 Å². The van der Waals surface area contributed by atoms with Crippen molar-refractivity contribution < 1.29 is 27.8 Å². The molecule has 1 aromatic carbocycles. The van der Waals surface area contributed by atoms with Crippen LogP contribution in [0.25, 0.3) is 0 Å². The Kier molecular flexibility index (Phi) is 5.25. The molecule has 1 aromatic rings. The van der Waals surface area contributed by atoms with Gasteiger partial charge in [0.15, 0.2) is 5.60 Å². The van der Waals surface area contributed by atoms with E-state index in [1.807, 2.05) is 30.3 Å². The van der Waals surface area contributed by atoms with Crippen molar-refractivity contribution in [1.29, 1.82) is 0 Å². The first kappa shape index (κ1) is 18.7. The van der Waals surface area contributed by atoms with Crippen LogP contribution >= 0.6 is 0 Å². The summed E-state index contributed by atoms with van der Waals surface area (Å²) in [4.78, 5) is 13.6. The van der Waals surface area contributed by atoms with Crippen LogP contribution in [0, 0.1) is 5.41 Å². The molecule has 1 saturated heterocycles. The molecule has 7 heteroatoms. The number of hydrogen-bond donors (Lipinski definition) is 1. The van der Waals surface area contributed by atoms with E-state index in [2.05, 4.69) is 0 Å². The van der Waals surface area contributed by atoms with Gasteiger partial charge in [0.2, 0.25) is 5.91 Å². The Morgan fingerprint density at radius 3 is 2.46 bits per heavy atom. The fourth-order valence-corrected chi connectivity index (χ4v) is 2.69. The van der Waals surface area contributed by atoms with Crippen LogP contribution < -0.4 is 0 Å². The summed E-state index contributed by atoms with van der Waals surface area (Å²) in [5.41, 5.74) is -2.83. The Morgan fingerprint density at radius 1 is 1.29 bits per heavy atom. The summed E-state index contributed by atoms with van der Waals surface area (Å²) in [5.74, 6) is -0.448. The minimum Gasteiger partial charge on any atom is -0.379 e. The quantitative estimate of drug-likeness (QED) is 0.893. The Hall–Kier alpha value is -1.60. The normalized spacial score (nSPS) is 22.0. The number of rotatable bonds is 5. The summed E-state index contributed by atoms with van der Waals surface area (Å²) >= 11 is 0. The molecule has 1 aliphatic rings. The Labute approximate surface area is 139 Å². The van der Waals surface area contributed by atoms with Gasteiger partial charge in [-0.15, -0.1) is 0 Å². The molecule has 0 spiro atoms. The second-order valence-corrected chi connectivity index (χ2v) is 6.87. The van der Waals surface area contributed by atoms with E-state index in [1.54, 1.807) is 13.8 Å². The van der Waals surface area contributed by atoms with Gasteiger partial charge in [-0.3, -0.25) is 4.79 Å². The van der Waals surface area contributed by atoms with E-state index < -0.39 is 36.1 Å². The zero-order valence-electron chi connectivity index (χ0n) is 13.8. The molecule has 0 saturated carbocycles. The number of aliphatic hydroxyl groups is 1. The Bertz CT molecular complexity index is 574. The molecule has 1 aliphatic heterocycles. The van der Waals surface area contributed by atoms with E-state index in [-0.39, 0.29) is 13.2 Å². The monoisotopic (exact) mass is 345 g/mol. The lowest BCUT2D eigenvalue weighted by Gasteiger charge is -2.31. The van der Waals surface area contributed by atoms with Crippen LogP contribution in [0.2, 0.25) is 0 Å². The van der Waals surface area contributed by atoms with Crippen molar-refractivity contribution in [2.45, 2.75) is 38.7 Å². The molecular formula is C17H22F3NO3. The number of amides is 1. The van der Waals surface area contributed by atoms with E-state index in [4.69, 9.17) is 4.74 Å². The fourth-order valence-electron chi connectivity index (χ4n) is 2.69. The summed E-state index contributed by atoms with van der Waals surface area (Å²) in [6.45, 7) is 2.83. The van der Waals surface area contributed by atoms with Gasteiger partial charge in [-0.2, -0.15) is 13.2 Å². The summed E-state index contributed by atoms with van der Waals surface area (Å²) < 4.78 is 44.1. The van der Waals surface area contributed by atoms with Crippen LogP contribution in [0.15, 0.2) is 30.3 Å². The van der Waals surface area contributed by atoms with Crippen molar-refractivity contribution in [3.63, 3.8) is 0 Å². The van der Waals surface area contributed by atoms with Crippen molar-refractivity contribution in [3.8, 4) is 0 Å². The molecule has 1 fully saturated rings. The topological polar surface area (TPSA) is 49.8 Å². The predicted molar refractivity (Wildman–Crippen MR) is 82.1 cm³/mol. The molecule has 1 heterocycles. The van der Waals surface area contributed by atoms with E-state index in [9.17, 15) is 23.1 Å². The first-order valence-electron chi connectivity index (χ1n) is 7.75. The number of carbonyl (C=O) groups excluding carboxylic acids is 1. The number of carbonyl (C=O) groups is 1. The molecule has 1 unspecified atom stereocenters. The Balaban J connectivity index is 1.91. The average Bonchev–Trinajstić information content (AvgIpc) is 2.91. The third-order valence-electron chi connectivity index (χ3n) is 4.22. The highest BCUT2D eigenvalue weighted by atomic mass is 19.4. The number of hydrogen-bond acceptors (Lipinski definition) is 3. The molecule has 0 radical (unpaired) electrons. The van der Waals surface area contributed by atoms with Crippen LogP contribution in [0.1, 0.15) is 25.8 Å². The number of β-amino-alcohol motifs (C(OH)–C–C–N with tert-alkyl or cyclic N) is 1. The minimum atomic E-state index is -4.74. The number of alkyl halides is 3. The molecule has 0 aliphatic carbocycles. The molecule has 134 valence electrons. The number of likely N-dealkylation sites (tertiary alicyclic amines) is 1. The standard InChI is InChI=1S/C17H22F3NO3/c1-15(2,12-24-10-13-6-4-3-5-7-13)14(22)21-9-8-16(23,11-21)17(18,19)20/h3-7,23H,8-12H2,1-2H3. The molecule has 1 N–H and O–H groups in total. The van der Waals surface area contributed by atoms with Crippen molar-refractivity contribution in [2.75, 3.05) is 19.7 Å². The maximum Gasteiger partial charge on any atom is 0.419 e. The highest BCUT2D eigenvalue weighted by molar-refractivity contribution is 5.82. The summed E-state index contributed by atoms with van der Waals surface area (Å²) in [6, 6.07) is 9.40. The summed E-state index contributed by atoms with van der Waals surface area (Å²) in [7, 11) is 0. The molecule has 4 nitrogen and oxygen atoms in total. The van der Waals surface area contributed by atoms with Crippen molar-refractivity contribution >= 4 is 5.91 Å². The van der Waals surface area contributed by atoms with Gasteiger partial charge in [-0.1, -0.05) is 30.3 Å². The van der Waals surface area contributed by atoms with Crippen LogP contribution in [0.4, 0.5) is 13.2 Å². The highest BCUT2D eigenvalue weighted by Gasteiger charge is 2.58. The second kappa shape index (κ2) is 6.72.